The van der Waals surface area contributed by atoms with Crippen LogP contribution in [0.3, 0.4) is 0 Å². The van der Waals surface area contributed by atoms with Gasteiger partial charge < -0.3 is 10.3 Å². The van der Waals surface area contributed by atoms with Gasteiger partial charge in [-0.05, 0) is 40.2 Å². The highest BCUT2D eigenvalue weighted by molar-refractivity contribution is 9.11. The summed E-state index contributed by atoms with van der Waals surface area (Å²) in [4.78, 5) is 4.11. The molecule has 0 aliphatic carbocycles. The van der Waals surface area contributed by atoms with Gasteiger partial charge in [0.1, 0.15) is 0 Å². The Balaban J connectivity index is 2.21. The molecule has 6 heteroatoms. The van der Waals surface area contributed by atoms with E-state index in [1.54, 1.807) is 12.4 Å². The molecular weight excluding hydrogens is 386 g/mol. The number of benzene rings is 1. The number of halogens is 2. The number of nitrogen functional groups attached to an aromatic ring is 1. The Bertz CT molecular complexity index is 756. The molecule has 0 aliphatic heterocycles. The normalized spacial score (nSPS) is 10.7. The summed E-state index contributed by atoms with van der Waals surface area (Å²) in [6.45, 7) is 0. The van der Waals surface area contributed by atoms with E-state index in [2.05, 4.69) is 42.0 Å². The van der Waals surface area contributed by atoms with Crippen LogP contribution in [0.5, 0.6) is 0 Å². The van der Waals surface area contributed by atoms with Gasteiger partial charge in [0, 0.05) is 32.5 Å². The van der Waals surface area contributed by atoms with Crippen LogP contribution in [0.15, 0.2) is 56.2 Å². The third kappa shape index (κ3) is 2.36. The molecule has 0 bridgehead atoms. The van der Waals surface area contributed by atoms with Crippen LogP contribution in [0.2, 0.25) is 0 Å². The lowest BCUT2D eigenvalue weighted by atomic mass is 10.0. The van der Waals surface area contributed by atoms with Gasteiger partial charge in [0.2, 0.25) is 0 Å². The number of anilines is 1. The lowest BCUT2D eigenvalue weighted by Crippen LogP contribution is -1.89. The molecule has 0 radical (unpaired) electrons. The first-order valence-electron chi connectivity index (χ1n) is 5.78. The van der Waals surface area contributed by atoms with Crippen LogP contribution >= 0.6 is 31.9 Å². The SMILES string of the molecule is Nc1noc(-c2ccc(Br)cc2Br)c1-c1cccnc1. The number of rotatable bonds is 2. The molecule has 4 nitrogen and oxygen atoms in total. The second-order valence-electron chi connectivity index (χ2n) is 4.14. The maximum atomic E-state index is 5.93. The fourth-order valence-corrected chi connectivity index (χ4v) is 3.18. The number of hydrogen-bond donors (Lipinski definition) is 1. The maximum Gasteiger partial charge on any atom is 0.178 e. The van der Waals surface area contributed by atoms with Crippen molar-refractivity contribution in [3.05, 3.63) is 51.7 Å². The van der Waals surface area contributed by atoms with Crippen molar-refractivity contribution in [2.45, 2.75) is 0 Å². The zero-order chi connectivity index (χ0) is 14.1. The molecule has 100 valence electrons. The highest BCUT2D eigenvalue weighted by Crippen LogP contribution is 2.39. The predicted molar refractivity (Wildman–Crippen MR) is 85.0 cm³/mol. The summed E-state index contributed by atoms with van der Waals surface area (Å²) in [5.41, 5.74) is 8.44. The summed E-state index contributed by atoms with van der Waals surface area (Å²) in [7, 11) is 0. The van der Waals surface area contributed by atoms with Gasteiger partial charge in [-0.2, -0.15) is 0 Å². The molecule has 0 aliphatic rings. The third-order valence-electron chi connectivity index (χ3n) is 2.84. The molecule has 2 N–H and O–H groups in total. The summed E-state index contributed by atoms with van der Waals surface area (Å²) >= 11 is 6.95. The molecule has 1 aromatic carbocycles. The topological polar surface area (TPSA) is 64.9 Å². The average Bonchev–Trinajstić information content (AvgIpc) is 2.81. The first-order chi connectivity index (χ1) is 9.66. The Labute approximate surface area is 132 Å². The Morgan fingerprint density at radius 1 is 1.15 bits per heavy atom. The fraction of sp³-hybridized carbons (Fsp3) is 0. The highest BCUT2D eigenvalue weighted by atomic mass is 79.9. The lowest BCUT2D eigenvalue weighted by Gasteiger charge is -2.05. The fourth-order valence-electron chi connectivity index (χ4n) is 1.95. The highest BCUT2D eigenvalue weighted by Gasteiger charge is 2.19. The zero-order valence-electron chi connectivity index (χ0n) is 10.2. The van der Waals surface area contributed by atoms with Gasteiger partial charge in [-0.15, -0.1) is 0 Å². The molecule has 20 heavy (non-hydrogen) atoms. The molecule has 0 spiro atoms. The number of nitrogens with zero attached hydrogens (tertiary/aromatic N) is 2. The number of pyridine rings is 1. The van der Waals surface area contributed by atoms with Gasteiger partial charge in [-0.3, -0.25) is 4.98 Å². The largest absolute Gasteiger partial charge is 0.380 e. The van der Waals surface area contributed by atoms with E-state index in [4.69, 9.17) is 10.3 Å². The van der Waals surface area contributed by atoms with Crippen LogP contribution in [0.25, 0.3) is 22.5 Å². The van der Waals surface area contributed by atoms with Crippen molar-refractivity contribution in [2.75, 3.05) is 5.73 Å². The number of aromatic nitrogens is 2. The molecule has 0 saturated heterocycles. The Morgan fingerprint density at radius 2 is 2.00 bits per heavy atom. The molecule has 2 aromatic heterocycles. The van der Waals surface area contributed by atoms with E-state index >= 15 is 0 Å². The average molecular weight is 395 g/mol. The minimum absolute atomic E-state index is 0.350. The van der Waals surface area contributed by atoms with Gasteiger partial charge in [0.05, 0.1) is 5.56 Å². The first kappa shape index (κ1) is 13.3. The van der Waals surface area contributed by atoms with E-state index < -0.39 is 0 Å². The summed E-state index contributed by atoms with van der Waals surface area (Å²) < 4.78 is 7.28. The third-order valence-corrected chi connectivity index (χ3v) is 3.99. The smallest absolute Gasteiger partial charge is 0.178 e. The maximum absolute atomic E-state index is 5.93. The lowest BCUT2D eigenvalue weighted by molar-refractivity contribution is 0.436. The molecule has 0 amide bonds. The molecule has 3 rings (SSSR count). The molecular formula is C14H9Br2N3O. The molecule has 0 unspecified atom stereocenters. The second kappa shape index (κ2) is 5.38. The van der Waals surface area contributed by atoms with E-state index in [0.717, 1.165) is 25.6 Å². The van der Waals surface area contributed by atoms with Crippen molar-refractivity contribution < 1.29 is 4.52 Å². The van der Waals surface area contributed by atoms with Gasteiger partial charge >= 0.3 is 0 Å². The van der Waals surface area contributed by atoms with E-state index in [9.17, 15) is 0 Å². The van der Waals surface area contributed by atoms with Gasteiger partial charge in [-0.1, -0.05) is 27.2 Å². The standard InChI is InChI=1S/C14H9Br2N3O/c15-9-3-4-10(11(16)6-9)13-12(14(17)19-20-13)8-2-1-5-18-7-8/h1-7H,(H2,17,19). The monoisotopic (exact) mass is 393 g/mol. The molecule has 0 fully saturated rings. The number of hydrogen-bond acceptors (Lipinski definition) is 4. The predicted octanol–water partition coefficient (Wildman–Crippen LogP) is 4.51. The Morgan fingerprint density at radius 3 is 2.70 bits per heavy atom. The van der Waals surface area contributed by atoms with Gasteiger partial charge in [0.25, 0.3) is 0 Å². The van der Waals surface area contributed by atoms with Crippen molar-refractivity contribution in [1.82, 2.24) is 10.1 Å². The molecule has 3 aromatic rings. The van der Waals surface area contributed by atoms with Crippen LogP contribution < -0.4 is 5.73 Å². The minimum Gasteiger partial charge on any atom is -0.380 e. The summed E-state index contributed by atoms with van der Waals surface area (Å²) in [6.07, 6.45) is 3.45. The molecule has 0 saturated carbocycles. The summed E-state index contributed by atoms with van der Waals surface area (Å²) in [5.74, 6) is 0.970. The van der Waals surface area contributed by atoms with E-state index in [0.29, 0.717) is 11.6 Å². The van der Waals surface area contributed by atoms with Gasteiger partial charge in [-0.25, -0.2) is 0 Å². The van der Waals surface area contributed by atoms with Gasteiger partial charge in [0.15, 0.2) is 11.6 Å². The van der Waals surface area contributed by atoms with Crippen molar-refractivity contribution in [3.8, 4) is 22.5 Å². The Kier molecular flexibility index (Phi) is 3.58. The summed E-state index contributed by atoms with van der Waals surface area (Å²) in [6, 6.07) is 9.59. The quantitative estimate of drug-likeness (QED) is 0.694. The van der Waals surface area contributed by atoms with E-state index in [1.165, 1.54) is 0 Å². The summed E-state index contributed by atoms with van der Waals surface area (Å²) in [5, 5.41) is 3.88. The van der Waals surface area contributed by atoms with Crippen LogP contribution in [-0.2, 0) is 0 Å². The minimum atomic E-state index is 0.350. The second-order valence-corrected chi connectivity index (χ2v) is 5.91. The van der Waals surface area contributed by atoms with Crippen LogP contribution in [0.1, 0.15) is 0 Å². The van der Waals surface area contributed by atoms with Crippen molar-refractivity contribution in [1.29, 1.82) is 0 Å². The Hall–Kier alpha value is -1.66. The molecule has 2 heterocycles. The van der Waals surface area contributed by atoms with Crippen LogP contribution in [0, 0.1) is 0 Å². The van der Waals surface area contributed by atoms with E-state index in [-0.39, 0.29) is 0 Å². The number of nitrogens with two attached hydrogens (primary N) is 1. The van der Waals surface area contributed by atoms with Crippen LogP contribution in [-0.4, -0.2) is 10.1 Å². The van der Waals surface area contributed by atoms with E-state index in [1.807, 2.05) is 30.3 Å². The van der Waals surface area contributed by atoms with Crippen molar-refractivity contribution in [3.63, 3.8) is 0 Å². The van der Waals surface area contributed by atoms with Crippen LogP contribution in [0.4, 0.5) is 5.82 Å². The van der Waals surface area contributed by atoms with Crippen molar-refractivity contribution >= 4 is 37.7 Å². The first-order valence-corrected chi connectivity index (χ1v) is 7.36. The van der Waals surface area contributed by atoms with Crippen molar-refractivity contribution in [2.24, 2.45) is 0 Å². The zero-order valence-corrected chi connectivity index (χ0v) is 13.3. The molecule has 0 atom stereocenters.